The summed E-state index contributed by atoms with van der Waals surface area (Å²) < 4.78 is 9.82. The summed E-state index contributed by atoms with van der Waals surface area (Å²) >= 11 is 4.37. The summed E-state index contributed by atoms with van der Waals surface area (Å²) in [7, 11) is 2.47. The lowest BCUT2D eigenvalue weighted by molar-refractivity contribution is -0.387. The number of esters is 2. The summed E-state index contributed by atoms with van der Waals surface area (Å²) in [5.74, 6) is -1.22. The molecule has 7 nitrogen and oxygen atoms in total. The van der Waals surface area contributed by atoms with Crippen LogP contribution in [0.4, 0.5) is 5.69 Å². The topological polar surface area (TPSA) is 95.7 Å². The van der Waals surface area contributed by atoms with Gasteiger partial charge in [-0.05, 0) is 40.5 Å². The van der Waals surface area contributed by atoms with E-state index in [-0.39, 0.29) is 21.7 Å². The van der Waals surface area contributed by atoms with Crippen molar-refractivity contribution in [3.63, 3.8) is 0 Å². The number of carbonyl (C=O) groups excluding carboxylic acids is 2. The molecule has 9 heteroatoms. The zero-order valence-electron chi connectivity index (χ0n) is 14.1. The van der Waals surface area contributed by atoms with Crippen molar-refractivity contribution in [2.75, 3.05) is 14.2 Å². The zero-order chi connectivity index (χ0) is 19.4. The van der Waals surface area contributed by atoms with E-state index >= 15 is 0 Å². The predicted molar refractivity (Wildman–Crippen MR) is 98.8 cm³/mol. The smallest absolute Gasteiger partial charge is 0.339 e. The summed E-state index contributed by atoms with van der Waals surface area (Å²) in [6.45, 7) is 1.65. The maximum absolute atomic E-state index is 11.9. The first-order valence-electron chi connectivity index (χ1n) is 7.22. The third-order valence-electron chi connectivity index (χ3n) is 3.55. The molecule has 0 aliphatic heterocycles. The molecule has 0 atom stereocenters. The Balaban J connectivity index is 2.64. The van der Waals surface area contributed by atoms with E-state index in [2.05, 4.69) is 20.7 Å². The second-order valence-corrected chi connectivity index (χ2v) is 6.90. The number of hydrogen-bond donors (Lipinski definition) is 0. The standard InChI is InChI=1S/C17H14BrNO6S/c1-9-11(17(21)25-3)8-12(19(22)23)15(14(9)18)26-13-7-5-4-6-10(13)16(20)24-2/h4-8H,1-3H3. The number of ether oxygens (including phenoxy) is 2. The van der Waals surface area contributed by atoms with Crippen LogP contribution in [-0.2, 0) is 9.47 Å². The van der Waals surface area contributed by atoms with E-state index in [0.29, 0.717) is 14.9 Å². The first-order chi connectivity index (χ1) is 12.3. The number of methoxy groups -OCH3 is 2. The van der Waals surface area contributed by atoms with Crippen LogP contribution >= 0.6 is 27.7 Å². The Morgan fingerprint density at radius 2 is 1.69 bits per heavy atom. The number of rotatable bonds is 5. The molecule has 0 unspecified atom stereocenters. The number of nitro groups is 1. The van der Waals surface area contributed by atoms with Crippen LogP contribution in [0.5, 0.6) is 0 Å². The van der Waals surface area contributed by atoms with Gasteiger partial charge in [-0.25, -0.2) is 9.59 Å². The Hall–Kier alpha value is -2.39. The van der Waals surface area contributed by atoms with Crippen LogP contribution in [0.25, 0.3) is 0 Å². The van der Waals surface area contributed by atoms with Gasteiger partial charge < -0.3 is 9.47 Å². The Kier molecular flexibility index (Phi) is 6.38. The first-order valence-corrected chi connectivity index (χ1v) is 8.83. The second-order valence-electron chi connectivity index (χ2n) is 5.05. The van der Waals surface area contributed by atoms with Crippen molar-refractivity contribution in [1.29, 1.82) is 0 Å². The maximum atomic E-state index is 11.9. The molecule has 0 amide bonds. The number of hydrogen-bond acceptors (Lipinski definition) is 7. The molecule has 2 aromatic carbocycles. The quantitative estimate of drug-likeness (QED) is 0.387. The largest absolute Gasteiger partial charge is 0.465 e. The molecular weight excluding hydrogens is 426 g/mol. The van der Waals surface area contributed by atoms with Crippen LogP contribution in [0.2, 0.25) is 0 Å². The Morgan fingerprint density at radius 1 is 1.12 bits per heavy atom. The van der Waals surface area contributed by atoms with E-state index in [1.54, 1.807) is 31.2 Å². The summed E-state index contributed by atoms with van der Waals surface area (Å²) in [4.78, 5) is 35.5. The lowest BCUT2D eigenvalue weighted by atomic mass is 10.1. The molecule has 0 aromatic heterocycles. The Bertz CT molecular complexity index is 899. The number of carbonyl (C=O) groups is 2. The third kappa shape index (κ3) is 3.88. The molecule has 0 saturated carbocycles. The lowest BCUT2D eigenvalue weighted by Crippen LogP contribution is -2.07. The Morgan fingerprint density at radius 3 is 2.27 bits per heavy atom. The zero-order valence-corrected chi connectivity index (χ0v) is 16.5. The minimum Gasteiger partial charge on any atom is -0.465 e. The molecule has 26 heavy (non-hydrogen) atoms. The van der Waals surface area contributed by atoms with Gasteiger partial charge in [0.05, 0.1) is 30.3 Å². The van der Waals surface area contributed by atoms with Gasteiger partial charge in [0.2, 0.25) is 0 Å². The average molecular weight is 440 g/mol. The molecule has 136 valence electrons. The van der Waals surface area contributed by atoms with Gasteiger partial charge in [0.1, 0.15) is 4.90 Å². The maximum Gasteiger partial charge on any atom is 0.339 e. The molecule has 0 aliphatic carbocycles. The molecule has 0 saturated heterocycles. The van der Waals surface area contributed by atoms with Crippen LogP contribution in [-0.4, -0.2) is 31.1 Å². The van der Waals surface area contributed by atoms with Crippen LogP contribution in [0.3, 0.4) is 0 Å². The average Bonchev–Trinajstić information content (AvgIpc) is 2.64. The molecule has 0 heterocycles. The van der Waals surface area contributed by atoms with Crippen LogP contribution in [0.1, 0.15) is 26.3 Å². The van der Waals surface area contributed by atoms with Gasteiger partial charge in [-0.15, -0.1) is 0 Å². The van der Waals surface area contributed by atoms with Crippen LogP contribution in [0.15, 0.2) is 44.6 Å². The lowest BCUT2D eigenvalue weighted by Gasteiger charge is -2.13. The number of benzene rings is 2. The molecule has 0 bridgehead atoms. The van der Waals surface area contributed by atoms with Crippen molar-refractivity contribution >= 4 is 45.3 Å². The van der Waals surface area contributed by atoms with Crippen molar-refractivity contribution in [2.24, 2.45) is 0 Å². The summed E-state index contributed by atoms with van der Waals surface area (Å²) in [5, 5.41) is 11.5. The number of halogens is 1. The number of nitrogens with zero attached hydrogens (tertiary/aromatic N) is 1. The third-order valence-corrected chi connectivity index (χ3v) is 6.00. The van der Waals surface area contributed by atoms with Gasteiger partial charge in [-0.3, -0.25) is 10.1 Å². The number of nitro benzene ring substituents is 1. The fraction of sp³-hybridized carbons (Fsp3) is 0.176. The van der Waals surface area contributed by atoms with Crippen molar-refractivity contribution < 1.29 is 24.0 Å². The predicted octanol–water partition coefficient (Wildman–Crippen LogP) is 4.39. The molecule has 2 rings (SSSR count). The van der Waals surface area contributed by atoms with Crippen molar-refractivity contribution in [3.05, 3.63) is 61.6 Å². The fourth-order valence-corrected chi connectivity index (χ4v) is 3.98. The van der Waals surface area contributed by atoms with E-state index < -0.39 is 16.9 Å². The molecule has 0 radical (unpaired) electrons. The summed E-state index contributed by atoms with van der Waals surface area (Å²) in [6.07, 6.45) is 0. The van der Waals surface area contributed by atoms with E-state index in [1.165, 1.54) is 20.3 Å². The van der Waals surface area contributed by atoms with Gasteiger partial charge in [-0.1, -0.05) is 23.9 Å². The highest BCUT2D eigenvalue weighted by molar-refractivity contribution is 9.10. The minimum absolute atomic E-state index is 0.0941. The van der Waals surface area contributed by atoms with Gasteiger partial charge in [-0.2, -0.15) is 0 Å². The monoisotopic (exact) mass is 439 g/mol. The first kappa shape index (κ1) is 19.9. The second kappa shape index (κ2) is 8.33. The van der Waals surface area contributed by atoms with Crippen molar-refractivity contribution in [1.82, 2.24) is 0 Å². The van der Waals surface area contributed by atoms with E-state index in [9.17, 15) is 19.7 Å². The molecule has 0 aliphatic rings. The summed E-state index contributed by atoms with van der Waals surface area (Å²) in [6, 6.07) is 7.80. The van der Waals surface area contributed by atoms with Gasteiger partial charge >= 0.3 is 11.9 Å². The fourth-order valence-electron chi connectivity index (χ4n) is 2.21. The molecule has 0 N–H and O–H groups in total. The van der Waals surface area contributed by atoms with E-state index in [4.69, 9.17) is 4.74 Å². The van der Waals surface area contributed by atoms with Crippen molar-refractivity contribution in [3.8, 4) is 0 Å². The van der Waals surface area contributed by atoms with Gasteiger partial charge in [0.15, 0.2) is 0 Å². The SMILES string of the molecule is COC(=O)c1ccccc1Sc1c([N+](=O)[O-])cc(C(=O)OC)c(C)c1Br. The molecular formula is C17H14BrNO6S. The summed E-state index contributed by atoms with van der Waals surface area (Å²) in [5.41, 5.74) is 0.612. The van der Waals surface area contributed by atoms with E-state index in [0.717, 1.165) is 11.8 Å². The van der Waals surface area contributed by atoms with Gasteiger partial charge in [0, 0.05) is 15.4 Å². The normalized spacial score (nSPS) is 10.3. The molecule has 0 spiro atoms. The highest BCUT2D eigenvalue weighted by Crippen LogP contribution is 2.44. The van der Waals surface area contributed by atoms with Gasteiger partial charge in [0.25, 0.3) is 5.69 Å². The van der Waals surface area contributed by atoms with Crippen LogP contribution in [0, 0.1) is 17.0 Å². The van der Waals surface area contributed by atoms with Crippen molar-refractivity contribution in [2.45, 2.75) is 16.7 Å². The molecule has 0 fully saturated rings. The minimum atomic E-state index is -0.669. The van der Waals surface area contributed by atoms with E-state index in [1.807, 2.05) is 0 Å². The highest BCUT2D eigenvalue weighted by Gasteiger charge is 2.26. The molecule has 2 aromatic rings. The Labute approximate surface area is 162 Å². The van der Waals surface area contributed by atoms with Crippen LogP contribution < -0.4 is 0 Å². The highest BCUT2D eigenvalue weighted by atomic mass is 79.9.